The van der Waals surface area contributed by atoms with Gasteiger partial charge in [-0.25, -0.2) is 0 Å². The van der Waals surface area contributed by atoms with E-state index >= 15 is 0 Å². The fraction of sp³-hybridized carbons (Fsp3) is 0.500. The normalized spacial score (nSPS) is 9.90. The third kappa shape index (κ3) is 1.55. The Hall–Kier alpha value is -0.875. The van der Waals surface area contributed by atoms with Gasteiger partial charge in [-0.15, -0.1) is 5.10 Å². The molecule has 0 aliphatic heterocycles. The van der Waals surface area contributed by atoms with Crippen LogP contribution in [-0.2, 0) is 13.4 Å². The van der Waals surface area contributed by atoms with Crippen LogP contribution >= 0.6 is 0 Å². The van der Waals surface area contributed by atoms with E-state index < -0.39 is 7.12 Å². The summed E-state index contributed by atoms with van der Waals surface area (Å²) in [5.74, 6) is 0. The van der Waals surface area contributed by atoms with Crippen molar-refractivity contribution in [1.82, 2.24) is 15.0 Å². The van der Waals surface area contributed by atoms with Gasteiger partial charge in [-0.1, -0.05) is 5.21 Å². The van der Waals surface area contributed by atoms with E-state index in [1.54, 1.807) is 7.05 Å². The van der Waals surface area contributed by atoms with E-state index in [1.165, 1.54) is 10.9 Å². The number of hydrogen-bond donors (Lipinski definition) is 2. The summed E-state index contributed by atoms with van der Waals surface area (Å²) in [6.45, 7) is 0. The summed E-state index contributed by atoms with van der Waals surface area (Å²) in [6, 6.07) is 0. The van der Waals surface area contributed by atoms with Crippen molar-refractivity contribution in [2.75, 3.05) is 0 Å². The van der Waals surface area contributed by atoms with Crippen molar-refractivity contribution in [2.24, 2.45) is 7.05 Å². The molecular weight excluding hydrogens is 133 g/mol. The third-order valence-electron chi connectivity index (χ3n) is 1.20. The van der Waals surface area contributed by atoms with Gasteiger partial charge in [0.1, 0.15) is 0 Å². The Morgan fingerprint density at radius 3 is 2.80 bits per heavy atom. The Bertz CT molecular complexity index is 212. The second-order valence-corrected chi connectivity index (χ2v) is 2.03. The zero-order valence-electron chi connectivity index (χ0n) is 5.60. The molecule has 1 rings (SSSR count). The molecule has 0 unspecified atom stereocenters. The smallest absolute Gasteiger partial charge is 0.427 e. The molecule has 0 aliphatic carbocycles. The molecule has 0 spiro atoms. The minimum atomic E-state index is -1.32. The molecule has 2 N–H and O–H groups in total. The molecule has 10 heavy (non-hydrogen) atoms. The zero-order chi connectivity index (χ0) is 7.56. The molecule has 0 bridgehead atoms. The van der Waals surface area contributed by atoms with Crippen LogP contribution in [0.4, 0.5) is 0 Å². The summed E-state index contributed by atoms with van der Waals surface area (Å²) >= 11 is 0. The molecule has 0 atom stereocenters. The van der Waals surface area contributed by atoms with E-state index in [0.29, 0.717) is 5.69 Å². The van der Waals surface area contributed by atoms with Gasteiger partial charge in [-0.2, -0.15) is 0 Å². The summed E-state index contributed by atoms with van der Waals surface area (Å²) in [6.07, 6.45) is 1.67. The van der Waals surface area contributed by atoms with Crippen molar-refractivity contribution in [1.29, 1.82) is 0 Å². The lowest BCUT2D eigenvalue weighted by molar-refractivity contribution is 0.403. The maximum atomic E-state index is 8.54. The molecule has 5 nitrogen and oxygen atoms in total. The number of rotatable bonds is 2. The van der Waals surface area contributed by atoms with Gasteiger partial charge in [-0.05, 0) is 0 Å². The summed E-state index contributed by atoms with van der Waals surface area (Å²) in [7, 11) is 0.377. The Kier molecular flexibility index (Phi) is 2.03. The molecular formula is C4H8BN3O2. The van der Waals surface area contributed by atoms with E-state index in [2.05, 4.69) is 10.3 Å². The Balaban J connectivity index is 2.65. The van der Waals surface area contributed by atoms with Crippen LogP contribution < -0.4 is 0 Å². The van der Waals surface area contributed by atoms with Crippen LogP contribution in [0.25, 0.3) is 0 Å². The summed E-state index contributed by atoms with van der Waals surface area (Å²) < 4.78 is 1.50. The molecule has 0 aliphatic rings. The predicted octanol–water partition coefficient (Wildman–Crippen LogP) is -1.63. The highest BCUT2D eigenvalue weighted by atomic mass is 16.4. The monoisotopic (exact) mass is 141 g/mol. The van der Waals surface area contributed by atoms with Gasteiger partial charge < -0.3 is 10.0 Å². The first-order chi connectivity index (χ1) is 4.70. The highest BCUT2D eigenvalue weighted by Crippen LogP contribution is 1.94. The Morgan fingerprint density at radius 2 is 2.40 bits per heavy atom. The number of hydrogen-bond acceptors (Lipinski definition) is 4. The SMILES string of the molecule is Cn1nncc1CB(O)O. The highest BCUT2D eigenvalue weighted by Gasteiger charge is 2.10. The molecule has 6 heteroatoms. The molecule has 0 radical (unpaired) electrons. The van der Waals surface area contributed by atoms with Gasteiger partial charge in [0.05, 0.1) is 11.9 Å². The van der Waals surface area contributed by atoms with Gasteiger partial charge in [0.2, 0.25) is 0 Å². The molecule has 1 heterocycles. The van der Waals surface area contributed by atoms with Crippen LogP contribution in [0.5, 0.6) is 0 Å². The maximum Gasteiger partial charge on any atom is 0.457 e. The second-order valence-electron chi connectivity index (χ2n) is 2.03. The van der Waals surface area contributed by atoms with Gasteiger partial charge >= 0.3 is 7.12 Å². The summed E-state index contributed by atoms with van der Waals surface area (Å²) in [5, 5.41) is 24.3. The number of aromatic nitrogens is 3. The molecule has 0 saturated heterocycles. The average Bonchev–Trinajstić information content (AvgIpc) is 2.15. The number of aryl methyl sites for hydroxylation is 1. The molecule has 0 saturated carbocycles. The highest BCUT2D eigenvalue weighted by molar-refractivity contribution is 6.40. The van der Waals surface area contributed by atoms with E-state index in [4.69, 9.17) is 10.0 Å². The Morgan fingerprint density at radius 1 is 1.70 bits per heavy atom. The van der Waals surface area contributed by atoms with Crippen LogP contribution in [0.15, 0.2) is 6.20 Å². The minimum Gasteiger partial charge on any atom is -0.427 e. The molecule has 1 aromatic heterocycles. The second kappa shape index (κ2) is 2.81. The van der Waals surface area contributed by atoms with Crippen LogP contribution in [-0.4, -0.2) is 32.2 Å². The van der Waals surface area contributed by atoms with E-state index in [0.717, 1.165) is 0 Å². The molecule has 1 aromatic rings. The molecule has 0 aromatic carbocycles. The van der Waals surface area contributed by atoms with Crippen molar-refractivity contribution in [3.05, 3.63) is 11.9 Å². The van der Waals surface area contributed by atoms with Crippen LogP contribution in [0.2, 0.25) is 0 Å². The lowest BCUT2D eigenvalue weighted by atomic mass is 9.85. The first kappa shape index (κ1) is 7.23. The summed E-state index contributed by atoms with van der Waals surface area (Å²) in [4.78, 5) is 0. The van der Waals surface area contributed by atoms with Crippen LogP contribution in [0.3, 0.4) is 0 Å². The van der Waals surface area contributed by atoms with Crippen LogP contribution in [0.1, 0.15) is 5.69 Å². The lowest BCUT2D eigenvalue weighted by Gasteiger charge is -1.96. The van der Waals surface area contributed by atoms with Crippen molar-refractivity contribution in [2.45, 2.75) is 6.32 Å². The quantitative estimate of drug-likeness (QED) is 0.485. The lowest BCUT2D eigenvalue weighted by Crippen LogP contribution is -2.17. The fourth-order valence-corrected chi connectivity index (χ4v) is 0.683. The van der Waals surface area contributed by atoms with Gasteiger partial charge in [0, 0.05) is 13.4 Å². The zero-order valence-corrected chi connectivity index (χ0v) is 5.60. The first-order valence-corrected chi connectivity index (χ1v) is 2.90. The fourth-order valence-electron chi connectivity index (χ4n) is 0.683. The first-order valence-electron chi connectivity index (χ1n) is 2.90. The van der Waals surface area contributed by atoms with Gasteiger partial charge in [-0.3, -0.25) is 4.68 Å². The maximum absolute atomic E-state index is 8.54. The van der Waals surface area contributed by atoms with Crippen molar-refractivity contribution >= 4 is 7.12 Å². The molecule has 54 valence electrons. The minimum absolute atomic E-state index is 0.170. The summed E-state index contributed by atoms with van der Waals surface area (Å²) in [5.41, 5.74) is 0.704. The van der Waals surface area contributed by atoms with Crippen LogP contribution in [0, 0.1) is 0 Å². The van der Waals surface area contributed by atoms with E-state index in [1.807, 2.05) is 0 Å². The van der Waals surface area contributed by atoms with E-state index in [-0.39, 0.29) is 6.32 Å². The van der Waals surface area contributed by atoms with Crippen molar-refractivity contribution in [3.8, 4) is 0 Å². The van der Waals surface area contributed by atoms with Crippen molar-refractivity contribution in [3.63, 3.8) is 0 Å². The molecule has 0 fully saturated rings. The largest absolute Gasteiger partial charge is 0.457 e. The van der Waals surface area contributed by atoms with E-state index in [9.17, 15) is 0 Å². The topological polar surface area (TPSA) is 71.2 Å². The average molecular weight is 141 g/mol. The molecule has 0 amide bonds. The number of nitrogens with zero attached hydrogens (tertiary/aromatic N) is 3. The third-order valence-corrected chi connectivity index (χ3v) is 1.20. The standard InChI is InChI=1S/C4H8BN3O2/c1-8-4(2-5(9)10)3-6-7-8/h3,9-10H,2H2,1H3. The van der Waals surface area contributed by atoms with Gasteiger partial charge in [0.25, 0.3) is 0 Å². The van der Waals surface area contributed by atoms with Crippen molar-refractivity contribution < 1.29 is 10.0 Å². The Labute approximate surface area is 58.4 Å². The van der Waals surface area contributed by atoms with Gasteiger partial charge in [0.15, 0.2) is 0 Å². The predicted molar refractivity (Wildman–Crippen MR) is 34.9 cm³/mol.